The van der Waals surface area contributed by atoms with Crippen molar-refractivity contribution >= 4 is 12.6 Å². The molecule has 0 unspecified atom stereocenters. The summed E-state index contributed by atoms with van der Waals surface area (Å²) in [4.78, 5) is 0.615. The predicted molar refractivity (Wildman–Crippen MR) is 61.8 cm³/mol. The fourth-order valence-corrected chi connectivity index (χ4v) is 1.98. The maximum Gasteiger partial charge on any atom is 0.102 e. The molecule has 3 heteroatoms. The fourth-order valence-electron chi connectivity index (χ4n) is 1.40. The number of nitriles is 2. The topological polar surface area (TPSA) is 47.6 Å². The van der Waals surface area contributed by atoms with Crippen LogP contribution >= 0.6 is 12.6 Å². The van der Waals surface area contributed by atoms with Crippen molar-refractivity contribution in [2.24, 2.45) is 0 Å². The first-order valence-electron chi connectivity index (χ1n) is 4.58. The van der Waals surface area contributed by atoms with Crippen molar-refractivity contribution in [1.29, 1.82) is 10.5 Å². The molecule has 1 aromatic rings. The second kappa shape index (κ2) is 3.96. The number of hydrogen-bond acceptors (Lipinski definition) is 3. The summed E-state index contributed by atoms with van der Waals surface area (Å²) in [6.45, 7) is 6.15. The van der Waals surface area contributed by atoms with Crippen LogP contribution in [0.4, 0.5) is 0 Å². The summed E-state index contributed by atoms with van der Waals surface area (Å²) in [5.74, 6) is 0. The Morgan fingerprint density at radius 2 is 1.73 bits per heavy atom. The molecule has 0 saturated heterocycles. The lowest BCUT2D eigenvalue weighted by Gasteiger charge is -2.21. The minimum absolute atomic E-state index is 0.0727. The van der Waals surface area contributed by atoms with Crippen LogP contribution in [-0.4, -0.2) is 0 Å². The maximum absolute atomic E-state index is 8.97. The Labute approximate surface area is 95.6 Å². The molecule has 0 amide bonds. The molecule has 0 fully saturated rings. The monoisotopic (exact) mass is 216 g/mol. The van der Waals surface area contributed by atoms with Gasteiger partial charge in [-0.2, -0.15) is 10.5 Å². The molecule has 0 saturated carbocycles. The highest BCUT2D eigenvalue weighted by Gasteiger charge is 2.20. The first-order chi connectivity index (χ1) is 6.91. The highest BCUT2D eigenvalue weighted by atomic mass is 32.1. The highest BCUT2D eigenvalue weighted by Crippen LogP contribution is 2.31. The average molecular weight is 216 g/mol. The van der Waals surface area contributed by atoms with E-state index >= 15 is 0 Å². The van der Waals surface area contributed by atoms with E-state index in [4.69, 9.17) is 10.5 Å². The van der Waals surface area contributed by atoms with Crippen molar-refractivity contribution in [2.45, 2.75) is 31.1 Å². The van der Waals surface area contributed by atoms with E-state index in [1.54, 1.807) is 6.07 Å². The standard InChI is InChI=1S/C12H12N2S/c1-12(2,3)10-5-4-8(6-13)9(7-14)11(10)15/h4-5,15H,1-3H3. The van der Waals surface area contributed by atoms with E-state index in [9.17, 15) is 0 Å². The van der Waals surface area contributed by atoms with E-state index in [1.807, 2.05) is 18.2 Å². The maximum atomic E-state index is 8.97. The van der Waals surface area contributed by atoms with Crippen LogP contribution in [0.1, 0.15) is 37.5 Å². The van der Waals surface area contributed by atoms with Gasteiger partial charge in [0, 0.05) is 4.90 Å². The Morgan fingerprint density at radius 1 is 1.13 bits per heavy atom. The molecular weight excluding hydrogens is 204 g/mol. The van der Waals surface area contributed by atoms with Crippen LogP contribution in [0.3, 0.4) is 0 Å². The van der Waals surface area contributed by atoms with E-state index in [0.717, 1.165) is 5.56 Å². The Kier molecular flexibility index (Phi) is 3.07. The van der Waals surface area contributed by atoms with Crippen molar-refractivity contribution in [3.8, 4) is 12.1 Å². The normalized spacial score (nSPS) is 10.5. The Morgan fingerprint density at radius 3 is 2.13 bits per heavy atom. The van der Waals surface area contributed by atoms with E-state index in [0.29, 0.717) is 16.0 Å². The molecule has 0 spiro atoms. The minimum Gasteiger partial charge on any atom is -0.192 e. The van der Waals surface area contributed by atoms with Gasteiger partial charge in [0.05, 0.1) is 11.1 Å². The molecular formula is C12H12N2S. The largest absolute Gasteiger partial charge is 0.192 e. The highest BCUT2D eigenvalue weighted by molar-refractivity contribution is 7.80. The second-order valence-electron chi connectivity index (χ2n) is 4.36. The summed E-state index contributed by atoms with van der Waals surface area (Å²) in [5, 5.41) is 17.8. The Balaban J connectivity index is 3.54. The molecule has 76 valence electrons. The van der Waals surface area contributed by atoms with Crippen molar-refractivity contribution in [1.82, 2.24) is 0 Å². The van der Waals surface area contributed by atoms with Gasteiger partial charge < -0.3 is 0 Å². The van der Waals surface area contributed by atoms with E-state index in [1.165, 1.54) is 0 Å². The molecule has 0 heterocycles. The summed E-state index contributed by atoms with van der Waals surface area (Å²) in [7, 11) is 0. The third-order valence-electron chi connectivity index (χ3n) is 2.22. The quantitative estimate of drug-likeness (QED) is 0.678. The van der Waals surface area contributed by atoms with Gasteiger partial charge in [-0.15, -0.1) is 12.6 Å². The zero-order valence-electron chi connectivity index (χ0n) is 9.00. The lowest BCUT2D eigenvalue weighted by molar-refractivity contribution is 0.577. The summed E-state index contributed by atoms with van der Waals surface area (Å²) >= 11 is 4.33. The van der Waals surface area contributed by atoms with Crippen LogP contribution < -0.4 is 0 Å². The number of hydrogen-bond donors (Lipinski definition) is 1. The fraction of sp³-hybridized carbons (Fsp3) is 0.333. The van der Waals surface area contributed by atoms with Gasteiger partial charge in [-0.3, -0.25) is 0 Å². The van der Waals surface area contributed by atoms with Crippen LogP contribution in [0.5, 0.6) is 0 Å². The summed E-state index contributed by atoms with van der Waals surface area (Å²) in [6.07, 6.45) is 0. The molecule has 0 aromatic heterocycles. The summed E-state index contributed by atoms with van der Waals surface area (Å²) in [5.41, 5.74) is 1.67. The van der Waals surface area contributed by atoms with E-state index < -0.39 is 0 Å². The minimum atomic E-state index is -0.0727. The van der Waals surface area contributed by atoms with Crippen LogP contribution in [-0.2, 0) is 5.41 Å². The zero-order valence-corrected chi connectivity index (χ0v) is 9.89. The summed E-state index contributed by atoms with van der Waals surface area (Å²) < 4.78 is 0. The van der Waals surface area contributed by atoms with Gasteiger partial charge in [0.2, 0.25) is 0 Å². The molecule has 15 heavy (non-hydrogen) atoms. The second-order valence-corrected chi connectivity index (χ2v) is 4.81. The van der Waals surface area contributed by atoms with Crippen molar-refractivity contribution in [2.75, 3.05) is 0 Å². The van der Waals surface area contributed by atoms with E-state index in [2.05, 4.69) is 33.4 Å². The Bertz CT molecular complexity index is 470. The van der Waals surface area contributed by atoms with Gasteiger partial charge >= 0.3 is 0 Å². The van der Waals surface area contributed by atoms with Crippen LogP contribution in [0, 0.1) is 22.7 Å². The van der Waals surface area contributed by atoms with Gasteiger partial charge in [-0.05, 0) is 17.0 Å². The predicted octanol–water partition coefficient (Wildman–Crippen LogP) is 3.02. The molecule has 0 aliphatic heterocycles. The van der Waals surface area contributed by atoms with Crippen LogP contribution in [0.15, 0.2) is 17.0 Å². The molecule has 0 aliphatic rings. The van der Waals surface area contributed by atoms with Crippen molar-refractivity contribution in [3.63, 3.8) is 0 Å². The third kappa shape index (κ3) is 2.14. The molecule has 0 aliphatic carbocycles. The smallest absolute Gasteiger partial charge is 0.102 e. The van der Waals surface area contributed by atoms with E-state index in [-0.39, 0.29) is 5.41 Å². The van der Waals surface area contributed by atoms with Crippen molar-refractivity contribution in [3.05, 3.63) is 28.8 Å². The van der Waals surface area contributed by atoms with Gasteiger partial charge in [-0.1, -0.05) is 26.8 Å². The summed E-state index contributed by atoms with van der Waals surface area (Å²) in [6, 6.07) is 7.57. The Hall–Kier alpha value is -1.45. The molecule has 2 nitrogen and oxygen atoms in total. The first-order valence-corrected chi connectivity index (χ1v) is 5.03. The number of rotatable bonds is 0. The lowest BCUT2D eigenvalue weighted by atomic mass is 9.85. The zero-order chi connectivity index (χ0) is 11.6. The molecule has 0 atom stereocenters. The lowest BCUT2D eigenvalue weighted by Crippen LogP contribution is -2.13. The van der Waals surface area contributed by atoms with Gasteiger partial charge in [0.15, 0.2) is 0 Å². The average Bonchev–Trinajstić information content (AvgIpc) is 2.15. The molecule has 0 N–H and O–H groups in total. The van der Waals surface area contributed by atoms with Gasteiger partial charge in [0.25, 0.3) is 0 Å². The van der Waals surface area contributed by atoms with Gasteiger partial charge in [0.1, 0.15) is 12.1 Å². The SMILES string of the molecule is CC(C)(C)c1ccc(C#N)c(C#N)c1S. The van der Waals surface area contributed by atoms with Crippen molar-refractivity contribution < 1.29 is 0 Å². The molecule has 0 radical (unpaired) electrons. The molecule has 1 aromatic carbocycles. The van der Waals surface area contributed by atoms with Crippen LogP contribution in [0.25, 0.3) is 0 Å². The molecule has 0 bridgehead atoms. The van der Waals surface area contributed by atoms with Crippen LogP contribution in [0.2, 0.25) is 0 Å². The number of nitrogens with zero attached hydrogens (tertiary/aromatic N) is 2. The van der Waals surface area contributed by atoms with Gasteiger partial charge in [-0.25, -0.2) is 0 Å². The first kappa shape index (κ1) is 11.6. The molecule has 1 rings (SSSR count). The third-order valence-corrected chi connectivity index (χ3v) is 2.68. The number of thiol groups is 1. The number of benzene rings is 1.